The number of benzene rings is 1. The van der Waals surface area contributed by atoms with E-state index in [1.165, 1.54) is 25.1 Å². The first kappa shape index (κ1) is 23.2. The van der Waals surface area contributed by atoms with Crippen LogP contribution in [0.1, 0.15) is 29.1 Å². The molecular weight excluding hydrogens is 488 g/mol. The van der Waals surface area contributed by atoms with Gasteiger partial charge in [-0.3, -0.25) is 15.1 Å². The Morgan fingerprint density at radius 1 is 1.26 bits per heavy atom. The summed E-state index contributed by atoms with van der Waals surface area (Å²) < 4.78 is 11.1. The minimum absolute atomic E-state index is 0.132. The molecule has 9 nitrogen and oxygen atoms in total. The van der Waals surface area contributed by atoms with E-state index in [0.717, 1.165) is 12.8 Å². The summed E-state index contributed by atoms with van der Waals surface area (Å²) in [6.45, 7) is 1.71. The van der Waals surface area contributed by atoms with Gasteiger partial charge >= 0.3 is 0 Å². The number of aromatic nitrogens is 3. The number of hydrogen-bond acceptors (Lipinski definition) is 9. The van der Waals surface area contributed by atoms with Crippen LogP contribution in [0.3, 0.4) is 0 Å². The molecule has 178 valence electrons. The number of rotatable bonds is 4. The number of nitrogens with zero attached hydrogens (tertiary/aromatic N) is 5. The molecule has 1 unspecified atom stereocenters. The van der Waals surface area contributed by atoms with Gasteiger partial charge in [0.15, 0.2) is 10.5 Å². The van der Waals surface area contributed by atoms with Crippen LogP contribution >= 0.6 is 23.4 Å². The van der Waals surface area contributed by atoms with Crippen LogP contribution in [-0.4, -0.2) is 50.8 Å². The molecule has 1 atom stereocenters. The van der Waals surface area contributed by atoms with Crippen molar-refractivity contribution in [2.24, 2.45) is 11.0 Å². The molecule has 1 saturated carbocycles. The Balaban J connectivity index is 1.48. The lowest BCUT2D eigenvalue weighted by atomic mass is 9.96. The van der Waals surface area contributed by atoms with Gasteiger partial charge in [-0.25, -0.2) is 4.98 Å². The molecule has 11 heteroatoms. The number of pyridine rings is 1. The molecule has 0 radical (unpaired) electrons. The van der Waals surface area contributed by atoms with Crippen LogP contribution in [0.25, 0.3) is 22.6 Å². The zero-order chi connectivity index (χ0) is 24.5. The summed E-state index contributed by atoms with van der Waals surface area (Å²) in [6, 6.07) is 6.88. The van der Waals surface area contributed by atoms with Crippen molar-refractivity contribution in [2.75, 3.05) is 14.2 Å². The van der Waals surface area contributed by atoms with Gasteiger partial charge in [0.1, 0.15) is 10.9 Å². The number of amides is 1. The molecule has 1 N–H and O–H groups in total. The average molecular weight is 509 g/mol. The van der Waals surface area contributed by atoms with Crippen LogP contribution in [0.15, 0.2) is 40.0 Å². The minimum atomic E-state index is -0.335. The number of ether oxygens (including phenoxy) is 1. The van der Waals surface area contributed by atoms with Gasteiger partial charge in [0.25, 0.3) is 5.91 Å². The summed E-state index contributed by atoms with van der Waals surface area (Å²) in [7, 11) is 3.37. The van der Waals surface area contributed by atoms with Crippen molar-refractivity contribution in [3.05, 3.63) is 47.1 Å². The first-order chi connectivity index (χ1) is 16.9. The monoisotopic (exact) mass is 508 g/mol. The van der Waals surface area contributed by atoms with E-state index in [9.17, 15) is 4.79 Å². The number of hydrazone groups is 1. The SMILES string of the molecule is COc1cnc(Cl)cc1-c1cc(-c2nnc(C)o2)ccc1C(=O)NC1=NN(C)C(C#CC2CC2)S1. The number of methoxy groups -OCH3 is 1. The summed E-state index contributed by atoms with van der Waals surface area (Å²) in [4.78, 5) is 17.5. The van der Waals surface area contributed by atoms with Crippen LogP contribution in [0, 0.1) is 24.7 Å². The molecule has 0 spiro atoms. The van der Waals surface area contributed by atoms with E-state index < -0.39 is 0 Å². The fourth-order valence-electron chi connectivity index (χ4n) is 3.46. The van der Waals surface area contributed by atoms with Crippen LogP contribution in [0.4, 0.5) is 0 Å². The van der Waals surface area contributed by atoms with E-state index >= 15 is 0 Å². The molecule has 1 aliphatic heterocycles. The van der Waals surface area contributed by atoms with Gasteiger partial charge in [0, 0.05) is 36.6 Å². The maximum Gasteiger partial charge on any atom is 0.257 e. The third-order valence-electron chi connectivity index (χ3n) is 5.40. The topological polar surface area (TPSA) is 106 Å². The van der Waals surface area contributed by atoms with E-state index in [1.54, 1.807) is 36.2 Å². The van der Waals surface area contributed by atoms with E-state index in [4.69, 9.17) is 20.8 Å². The predicted molar refractivity (Wildman–Crippen MR) is 134 cm³/mol. The van der Waals surface area contributed by atoms with Crippen LogP contribution in [0.5, 0.6) is 5.75 Å². The zero-order valence-corrected chi connectivity index (χ0v) is 20.8. The number of nitrogens with one attached hydrogen (secondary N) is 1. The van der Waals surface area contributed by atoms with Gasteiger partial charge in [-0.2, -0.15) is 5.10 Å². The fraction of sp³-hybridized carbons (Fsp3) is 0.292. The third-order valence-corrected chi connectivity index (χ3v) is 6.66. The molecule has 0 saturated heterocycles. The van der Waals surface area contributed by atoms with Gasteiger partial charge in [0.05, 0.1) is 13.3 Å². The van der Waals surface area contributed by atoms with Gasteiger partial charge < -0.3 is 9.15 Å². The molecule has 1 fully saturated rings. The Kier molecular flexibility index (Phi) is 6.36. The fourth-order valence-corrected chi connectivity index (χ4v) is 4.49. The van der Waals surface area contributed by atoms with E-state index in [1.807, 2.05) is 7.05 Å². The lowest BCUT2D eigenvalue weighted by Gasteiger charge is -2.14. The van der Waals surface area contributed by atoms with Crippen LogP contribution in [-0.2, 0) is 0 Å². The summed E-state index contributed by atoms with van der Waals surface area (Å²) in [5.74, 6) is 7.89. The molecule has 35 heavy (non-hydrogen) atoms. The number of carbonyl (C=O) groups is 1. The highest BCUT2D eigenvalue weighted by atomic mass is 35.5. The molecule has 3 heterocycles. The first-order valence-corrected chi connectivity index (χ1v) is 12.1. The second-order valence-corrected chi connectivity index (χ2v) is 9.52. The Hall–Kier alpha value is -3.55. The highest BCUT2D eigenvalue weighted by molar-refractivity contribution is 8.14. The van der Waals surface area contributed by atoms with Crippen LogP contribution < -0.4 is 10.1 Å². The number of carbonyl (C=O) groups excluding carboxylic acids is 1. The quantitative estimate of drug-likeness (QED) is 0.413. The highest BCUT2D eigenvalue weighted by Gasteiger charge is 2.27. The van der Waals surface area contributed by atoms with Crippen molar-refractivity contribution < 1.29 is 13.9 Å². The maximum atomic E-state index is 13.4. The summed E-state index contributed by atoms with van der Waals surface area (Å²) in [5, 5.41) is 17.7. The van der Waals surface area contributed by atoms with E-state index in [0.29, 0.717) is 50.9 Å². The second-order valence-electron chi connectivity index (χ2n) is 8.06. The molecule has 1 aliphatic carbocycles. The van der Waals surface area contributed by atoms with E-state index in [2.05, 4.69) is 37.4 Å². The standard InChI is InChI=1S/C24H21ClN6O3S/c1-13-28-29-23(34-13)15-7-8-16(17(10-15)18-11-20(25)26-12-19(18)33-3)22(32)27-24-30-31(2)21(35-24)9-6-14-4-5-14/h7-8,10-12,14,21H,4-5H2,1-3H3,(H,27,30,32). The second kappa shape index (κ2) is 9.60. The Morgan fingerprint density at radius 2 is 2.09 bits per heavy atom. The molecule has 1 aromatic carbocycles. The average Bonchev–Trinajstić information content (AvgIpc) is 3.48. The van der Waals surface area contributed by atoms with Gasteiger partial charge in [-0.15, -0.1) is 10.2 Å². The molecule has 5 rings (SSSR count). The Labute approximate surface area is 211 Å². The van der Waals surface area contributed by atoms with Gasteiger partial charge in [0.2, 0.25) is 11.8 Å². The minimum Gasteiger partial charge on any atom is -0.494 e. The molecule has 2 aliphatic rings. The zero-order valence-electron chi connectivity index (χ0n) is 19.2. The lowest BCUT2D eigenvalue weighted by Crippen LogP contribution is -2.28. The molecule has 0 bridgehead atoms. The van der Waals surface area contributed by atoms with Crippen molar-refractivity contribution in [1.82, 2.24) is 25.5 Å². The summed E-state index contributed by atoms with van der Waals surface area (Å²) >= 11 is 7.60. The summed E-state index contributed by atoms with van der Waals surface area (Å²) in [6.07, 6.45) is 3.82. The van der Waals surface area contributed by atoms with Crippen molar-refractivity contribution in [1.29, 1.82) is 0 Å². The van der Waals surface area contributed by atoms with E-state index in [-0.39, 0.29) is 16.4 Å². The van der Waals surface area contributed by atoms with Gasteiger partial charge in [-0.1, -0.05) is 23.4 Å². The number of aryl methyl sites for hydroxylation is 1. The van der Waals surface area contributed by atoms with Crippen LogP contribution in [0.2, 0.25) is 5.15 Å². The highest BCUT2D eigenvalue weighted by Crippen LogP contribution is 2.36. The van der Waals surface area contributed by atoms with Crippen molar-refractivity contribution >= 4 is 34.4 Å². The molecule has 1 amide bonds. The Morgan fingerprint density at radius 3 is 2.80 bits per heavy atom. The smallest absolute Gasteiger partial charge is 0.257 e. The number of hydrogen-bond donors (Lipinski definition) is 1. The largest absolute Gasteiger partial charge is 0.494 e. The number of halogens is 1. The van der Waals surface area contributed by atoms with Crippen molar-refractivity contribution in [3.63, 3.8) is 0 Å². The maximum absolute atomic E-state index is 13.4. The predicted octanol–water partition coefficient (Wildman–Crippen LogP) is 4.19. The van der Waals surface area contributed by atoms with Crippen molar-refractivity contribution in [3.8, 4) is 40.2 Å². The Bertz CT molecular complexity index is 1390. The normalized spacial score (nSPS) is 17.0. The number of thioether (sulfide) groups is 1. The summed E-state index contributed by atoms with van der Waals surface area (Å²) in [5.41, 5.74) is 2.21. The first-order valence-electron chi connectivity index (χ1n) is 10.9. The van der Waals surface area contributed by atoms with Gasteiger partial charge in [-0.05, 0) is 54.4 Å². The van der Waals surface area contributed by atoms with Crippen molar-refractivity contribution in [2.45, 2.75) is 25.1 Å². The molecule has 3 aromatic rings. The molecular formula is C24H21ClN6O3S. The molecule has 2 aromatic heterocycles. The lowest BCUT2D eigenvalue weighted by molar-refractivity contribution is 0.0978. The third kappa shape index (κ3) is 5.11. The number of amidine groups is 1.